The number of halogens is 2. The Morgan fingerprint density at radius 3 is 3.00 bits per heavy atom. The summed E-state index contributed by atoms with van der Waals surface area (Å²) in [7, 11) is 1.70. The summed E-state index contributed by atoms with van der Waals surface area (Å²) in [5.74, 6) is -0.738. The summed E-state index contributed by atoms with van der Waals surface area (Å²) < 4.78 is 15.8. The highest BCUT2D eigenvalue weighted by molar-refractivity contribution is 9.10. The topological polar surface area (TPSA) is 80.1 Å². The summed E-state index contributed by atoms with van der Waals surface area (Å²) in [6, 6.07) is 7.92. The van der Waals surface area contributed by atoms with E-state index in [1.807, 2.05) is 18.2 Å². The minimum Gasteiger partial charge on any atom is -0.324 e. The van der Waals surface area contributed by atoms with Crippen LogP contribution < -0.4 is 10.2 Å². The number of aromatic nitrogens is 3. The van der Waals surface area contributed by atoms with E-state index >= 15 is 0 Å². The van der Waals surface area contributed by atoms with Gasteiger partial charge in [0.05, 0.1) is 6.20 Å². The Morgan fingerprint density at radius 2 is 2.20 bits per heavy atom. The molecule has 0 aliphatic carbocycles. The highest BCUT2D eigenvalue weighted by atomic mass is 79.9. The molecule has 7 nitrogen and oxygen atoms in total. The third-order valence-electron chi connectivity index (χ3n) is 5.11. The van der Waals surface area contributed by atoms with Gasteiger partial charge >= 0.3 is 6.03 Å². The fraction of sp³-hybridized carbons (Fsp3) is 0.238. The second-order valence-electron chi connectivity index (χ2n) is 7.13. The molecular formula is C21H19BrFN5O2. The van der Waals surface area contributed by atoms with Gasteiger partial charge in [-0.3, -0.25) is 4.79 Å². The minimum atomic E-state index is -0.669. The van der Waals surface area contributed by atoms with Crippen molar-refractivity contribution in [1.82, 2.24) is 20.1 Å². The second kappa shape index (κ2) is 8.35. The Kier molecular flexibility index (Phi) is 5.63. The van der Waals surface area contributed by atoms with E-state index in [1.54, 1.807) is 24.1 Å². The van der Waals surface area contributed by atoms with Gasteiger partial charge in [-0.25, -0.2) is 9.78 Å². The van der Waals surface area contributed by atoms with Crippen molar-refractivity contribution < 1.29 is 14.0 Å². The zero-order chi connectivity index (χ0) is 21.3. The molecule has 0 bridgehead atoms. The number of nitrogens with zero attached hydrogens (tertiary/aromatic N) is 4. The van der Waals surface area contributed by atoms with E-state index < -0.39 is 18.0 Å². The monoisotopic (exact) mass is 471 g/mol. The number of fused-ring (bicyclic) bond motifs is 1. The highest BCUT2D eigenvalue weighted by Crippen LogP contribution is 2.29. The Labute approximate surface area is 181 Å². The minimum absolute atomic E-state index is 0.190. The molecule has 1 aliphatic heterocycles. The standard InChI is InChI=1S/C21H19BrFN5O2/c1-27-18-10-16(22)6-4-14(18)5-7-17(20(27)29)26-21(30)28-12-13(11-25-28)9-15-3-2-8-24-19(15)23/h2-4,6,8,10-12,17H,5,7,9H2,1H3,(H,26,30)/t17-/m0/s1. The molecule has 9 heteroatoms. The zero-order valence-corrected chi connectivity index (χ0v) is 17.8. The molecule has 0 radical (unpaired) electrons. The number of amides is 2. The first-order valence-electron chi connectivity index (χ1n) is 9.42. The van der Waals surface area contributed by atoms with Crippen LogP contribution in [0.1, 0.15) is 23.1 Å². The Balaban J connectivity index is 1.46. The number of hydrogen-bond donors (Lipinski definition) is 1. The molecular weight excluding hydrogens is 453 g/mol. The van der Waals surface area contributed by atoms with Gasteiger partial charge in [-0.05, 0) is 42.2 Å². The van der Waals surface area contributed by atoms with E-state index in [2.05, 4.69) is 31.3 Å². The van der Waals surface area contributed by atoms with Crippen LogP contribution in [-0.2, 0) is 17.6 Å². The first-order valence-corrected chi connectivity index (χ1v) is 10.2. The molecule has 1 atom stereocenters. The second-order valence-corrected chi connectivity index (χ2v) is 8.05. The van der Waals surface area contributed by atoms with E-state index in [0.29, 0.717) is 24.0 Å². The van der Waals surface area contributed by atoms with E-state index in [4.69, 9.17) is 0 Å². The van der Waals surface area contributed by atoms with Crippen LogP contribution >= 0.6 is 15.9 Å². The number of carbonyl (C=O) groups is 2. The number of likely N-dealkylation sites (N-methyl/N-ethyl adjacent to an activating group) is 1. The SMILES string of the molecule is CN1C(=O)[C@@H](NC(=O)n2cc(Cc3cccnc3F)cn2)CCc2ccc(Br)cc21. The molecule has 2 aromatic heterocycles. The summed E-state index contributed by atoms with van der Waals surface area (Å²) in [5, 5.41) is 6.82. The molecule has 0 spiro atoms. The summed E-state index contributed by atoms with van der Waals surface area (Å²) in [5.41, 5.74) is 2.96. The number of aryl methyl sites for hydroxylation is 1. The molecule has 154 valence electrons. The average molecular weight is 472 g/mol. The van der Waals surface area contributed by atoms with Crippen LogP contribution in [0.3, 0.4) is 0 Å². The maximum Gasteiger partial charge on any atom is 0.342 e. The number of pyridine rings is 1. The lowest BCUT2D eigenvalue weighted by molar-refractivity contribution is -0.120. The molecule has 1 aromatic carbocycles. The van der Waals surface area contributed by atoms with Crippen LogP contribution in [-0.4, -0.2) is 39.8 Å². The van der Waals surface area contributed by atoms with Crippen molar-refractivity contribution in [2.24, 2.45) is 0 Å². The normalized spacial score (nSPS) is 16.2. The molecule has 0 unspecified atom stereocenters. The van der Waals surface area contributed by atoms with Gasteiger partial charge in [0.2, 0.25) is 11.9 Å². The summed E-state index contributed by atoms with van der Waals surface area (Å²) in [6.07, 6.45) is 5.82. The van der Waals surface area contributed by atoms with Gasteiger partial charge in [-0.15, -0.1) is 0 Å². The first-order chi connectivity index (χ1) is 14.4. The largest absolute Gasteiger partial charge is 0.342 e. The number of benzene rings is 1. The van der Waals surface area contributed by atoms with Crippen LogP contribution in [0.2, 0.25) is 0 Å². The van der Waals surface area contributed by atoms with E-state index in [9.17, 15) is 14.0 Å². The summed E-state index contributed by atoms with van der Waals surface area (Å²) in [6.45, 7) is 0. The van der Waals surface area contributed by atoms with Gasteiger partial charge in [-0.2, -0.15) is 14.2 Å². The number of hydrogen-bond acceptors (Lipinski definition) is 4. The maximum atomic E-state index is 13.7. The summed E-state index contributed by atoms with van der Waals surface area (Å²) in [4.78, 5) is 30.7. The molecule has 3 heterocycles. The van der Waals surface area contributed by atoms with Crippen LogP contribution in [0.4, 0.5) is 14.9 Å². The van der Waals surface area contributed by atoms with Crippen molar-refractivity contribution in [3.63, 3.8) is 0 Å². The Morgan fingerprint density at radius 1 is 1.37 bits per heavy atom. The predicted octanol–water partition coefficient (Wildman–Crippen LogP) is 3.31. The van der Waals surface area contributed by atoms with Crippen LogP contribution in [0.5, 0.6) is 0 Å². The van der Waals surface area contributed by atoms with E-state index in [-0.39, 0.29) is 12.3 Å². The fourth-order valence-electron chi connectivity index (χ4n) is 3.52. The Bertz CT molecular complexity index is 1120. The smallest absolute Gasteiger partial charge is 0.324 e. The van der Waals surface area contributed by atoms with Crippen molar-refractivity contribution in [2.45, 2.75) is 25.3 Å². The van der Waals surface area contributed by atoms with Crippen molar-refractivity contribution >= 4 is 33.6 Å². The van der Waals surface area contributed by atoms with Gasteiger partial charge in [-0.1, -0.05) is 28.1 Å². The average Bonchev–Trinajstić information content (AvgIpc) is 3.17. The molecule has 0 saturated heterocycles. The molecule has 0 saturated carbocycles. The number of anilines is 1. The molecule has 2 amide bonds. The quantitative estimate of drug-likeness (QED) is 0.594. The number of carbonyl (C=O) groups excluding carboxylic acids is 2. The van der Waals surface area contributed by atoms with Crippen LogP contribution in [0.25, 0.3) is 0 Å². The Hall–Kier alpha value is -3.07. The van der Waals surface area contributed by atoms with Gasteiger partial charge in [0.15, 0.2) is 0 Å². The highest BCUT2D eigenvalue weighted by Gasteiger charge is 2.30. The third kappa shape index (κ3) is 4.11. The molecule has 1 N–H and O–H groups in total. The molecule has 1 aliphatic rings. The van der Waals surface area contributed by atoms with Crippen molar-refractivity contribution in [1.29, 1.82) is 0 Å². The zero-order valence-electron chi connectivity index (χ0n) is 16.2. The molecule has 30 heavy (non-hydrogen) atoms. The lowest BCUT2D eigenvalue weighted by Crippen LogP contribution is -2.48. The molecule has 3 aromatic rings. The predicted molar refractivity (Wildman–Crippen MR) is 113 cm³/mol. The van der Waals surface area contributed by atoms with Gasteiger partial charge in [0, 0.05) is 41.6 Å². The molecule has 4 rings (SSSR count). The number of rotatable bonds is 3. The van der Waals surface area contributed by atoms with Crippen LogP contribution in [0, 0.1) is 5.95 Å². The fourth-order valence-corrected chi connectivity index (χ4v) is 3.87. The lowest BCUT2D eigenvalue weighted by Gasteiger charge is -2.22. The first kappa shape index (κ1) is 20.2. The van der Waals surface area contributed by atoms with E-state index in [0.717, 1.165) is 20.4 Å². The van der Waals surface area contributed by atoms with E-state index in [1.165, 1.54) is 18.6 Å². The van der Waals surface area contributed by atoms with Gasteiger partial charge < -0.3 is 10.2 Å². The van der Waals surface area contributed by atoms with Crippen molar-refractivity contribution in [2.75, 3.05) is 11.9 Å². The lowest BCUT2D eigenvalue weighted by atomic mass is 10.1. The molecule has 0 fully saturated rings. The van der Waals surface area contributed by atoms with Gasteiger partial charge in [0.1, 0.15) is 6.04 Å². The summed E-state index contributed by atoms with van der Waals surface area (Å²) >= 11 is 3.43. The number of nitrogens with one attached hydrogen (secondary N) is 1. The van der Waals surface area contributed by atoms with Gasteiger partial charge in [0.25, 0.3) is 0 Å². The van der Waals surface area contributed by atoms with Crippen molar-refractivity contribution in [3.8, 4) is 0 Å². The van der Waals surface area contributed by atoms with Crippen LogP contribution in [0.15, 0.2) is 53.4 Å². The maximum absolute atomic E-state index is 13.7. The van der Waals surface area contributed by atoms with Crippen molar-refractivity contribution in [3.05, 3.63) is 76.0 Å². The third-order valence-corrected chi connectivity index (χ3v) is 5.61.